The molecule has 0 bridgehead atoms. The topological polar surface area (TPSA) is 59.8 Å². The minimum Gasteiger partial charge on any atom is -0.497 e. The molecular weight excluding hydrogens is 514 g/mol. The normalized spacial score (nSPS) is 17.5. The van der Waals surface area contributed by atoms with Crippen LogP contribution in [0.4, 0.5) is 5.69 Å². The molecule has 2 atom stereocenters. The summed E-state index contributed by atoms with van der Waals surface area (Å²) in [4.78, 5) is 6.62. The van der Waals surface area contributed by atoms with E-state index >= 15 is 0 Å². The maximum atomic E-state index is 6.41. The van der Waals surface area contributed by atoms with Crippen molar-refractivity contribution in [1.82, 2.24) is 10.3 Å². The number of nitrogens with one attached hydrogen (secondary N) is 1. The van der Waals surface area contributed by atoms with Crippen molar-refractivity contribution < 1.29 is 13.9 Å². The molecule has 0 unspecified atom stereocenters. The summed E-state index contributed by atoms with van der Waals surface area (Å²) in [5.74, 6) is 2.89. The van der Waals surface area contributed by atoms with Crippen LogP contribution >= 0.6 is 28.1 Å². The third-order valence-electron chi connectivity index (χ3n) is 5.79. The molecule has 0 aliphatic carbocycles. The highest BCUT2D eigenvalue weighted by Gasteiger charge is 2.43. The smallest absolute Gasteiger partial charge is 0.174 e. The highest BCUT2D eigenvalue weighted by Crippen LogP contribution is 2.46. The zero-order valence-electron chi connectivity index (χ0n) is 18.6. The summed E-state index contributed by atoms with van der Waals surface area (Å²) in [6, 6.07) is 23.0. The van der Waals surface area contributed by atoms with Gasteiger partial charge in [0.2, 0.25) is 0 Å². The van der Waals surface area contributed by atoms with Gasteiger partial charge in [0, 0.05) is 22.3 Å². The quantitative estimate of drug-likeness (QED) is 0.290. The lowest BCUT2D eigenvalue weighted by molar-refractivity contribution is 0.392. The number of pyridine rings is 1. The molecule has 4 aromatic rings. The van der Waals surface area contributed by atoms with Crippen LogP contribution in [-0.2, 0) is 0 Å². The Balaban J connectivity index is 1.62. The summed E-state index contributed by atoms with van der Waals surface area (Å²) in [6.45, 7) is 0. The lowest BCUT2D eigenvalue weighted by atomic mass is 10.0. The third-order valence-corrected chi connectivity index (χ3v) is 6.63. The van der Waals surface area contributed by atoms with Crippen molar-refractivity contribution in [2.24, 2.45) is 0 Å². The monoisotopic (exact) mass is 535 g/mol. The first-order chi connectivity index (χ1) is 16.6. The lowest BCUT2D eigenvalue weighted by Crippen LogP contribution is -2.29. The van der Waals surface area contributed by atoms with E-state index in [9.17, 15) is 0 Å². The van der Waals surface area contributed by atoms with Crippen LogP contribution in [0.25, 0.3) is 11.3 Å². The van der Waals surface area contributed by atoms with Gasteiger partial charge in [-0.1, -0.05) is 34.1 Å². The van der Waals surface area contributed by atoms with Gasteiger partial charge in [-0.25, -0.2) is 0 Å². The first kappa shape index (κ1) is 22.4. The highest BCUT2D eigenvalue weighted by molar-refractivity contribution is 9.10. The first-order valence-electron chi connectivity index (χ1n) is 10.7. The van der Waals surface area contributed by atoms with Gasteiger partial charge in [0.05, 0.1) is 31.6 Å². The summed E-state index contributed by atoms with van der Waals surface area (Å²) in [6.07, 6.45) is 1.78. The SMILES string of the molecule is COc1ccc(N2C(=S)N[C@@H](c3ccccn3)[C@H]2c2ccc(-c3ccc(Br)cc3)o2)c(OC)c1. The summed E-state index contributed by atoms with van der Waals surface area (Å²) >= 11 is 9.30. The Morgan fingerprint density at radius 3 is 2.53 bits per heavy atom. The van der Waals surface area contributed by atoms with Crippen LogP contribution in [-0.4, -0.2) is 24.3 Å². The third kappa shape index (κ3) is 4.15. The molecular formula is C26H22BrN3O3S. The molecule has 5 rings (SSSR count). The molecule has 1 saturated heterocycles. The zero-order valence-corrected chi connectivity index (χ0v) is 21.0. The van der Waals surface area contributed by atoms with Gasteiger partial charge in [0.15, 0.2) is 5.11 Å². The Labute approximate surface area is 211 Å². The van der Waals surface area contributed by atoms with Crippen LogP contribution in [0.15, 0.2) is 87.9 Å². The molecule has 1 N–H and O–H groups in total. The number of furan rings is 1. The van der Waals surface area contributed by atoms with Gasteiger partial charge in [-0.2, -0.15) is 0 Å². The van der Waals surface area contributed by atoms with Gasteiger partial charge in [0.1, 0.15) is 29.1 Å². The molecule has 1 fully saturated rings. The zero-order chi connectivity index (χ0) is 23.7. The fraction of sp³-hybridized carbons (Fsp3) is 0.154. The van der Waals surface area contributed by atoms with Crippen molar-refractivity contribution >= 4 is 38.9 Å². The van der Waals surface area contributed by atoms with Crippen molar-refractivity contribution in [1.29, 1.82) is 0 Å². The molecule has 0 amide bonds. The largest absolute Gasteiger partial charge is 0.497 e. The molecule has 34 heavy (non-hydrogen) atoms. The van der Waals surface area contributed by atoms with E-state index in [1.54, 1.807) is 20.4 Å². The standard InChI is InChI=1S/C26H22BrN3O3S/c1-31-18-10-11-20(23(15-18)32-2)30-25(24(29-26(30)34)19-5-3-4-14-28-19)22-13-12-21(33-22)16-6-8-17(27)9-7-16/h3-15,24-25H,1-2H3,(H,29,34)/t24-,25+/m0/s1. The van der Waals surface area contributed by atoms with Gasteiger partial charge < -0.3 is 24.1 Å². The Morgan fingerprint density at radius 2 is 1.82 bits per heavy atom. The maximum Gasteiger partial charge on any atom is 0.174 e. The number of thiocarbonyl (C=S) groups is 1. The van der Waals surface area contributed by atoms with E-state index in [4.69, 9.17) is 26.1 Å². The van der Waals surface area contributed by atoms with E-state index in [0.717, 1.165) is 32.9 Å². The highest BCUT2D eigenvalue weighted by atomic mass is 79.9. The number of anilines is 1. The van der Waals surface area contributed by atoms with Crippen molar-refractivity contribution in [2.45, 2.75) is 12.1 Å². The van der Waals surface area contributed by atoms with Crippen LogP contribution in [0.3, 0.4) is 0 Å². The molecule has 3 heterocycles. The molecule has 2 aromatic carbocycles. The fourth-order valence-corrected chi connectivity index (χ4v) is 4.77. The number of benzene rings is 2. The molecule has 172 valence electrons. The van der Waals surface area contributed by atoms with Crippen molar-refractivity contribution in [3.05, 3.63) is 94.9 Å². The van der Waals surface area contributed by atoms with Crippen LogP contribution < -0.4 is 19.7 Å². The van der Waals surface area contributed by atoms with Crippen LogP contribution in [0, 0.1) is 0 Å². The number of aromatic nitrogens is 1. The van der Waals surface area contributed by atoms with E-state index in [1.807, 2.05) is 77.7 Å². The van der Waals surface area contributed by atoms with Gasteiger partial charge in [-0.15, -0.1) is 0 Å². The minimum absolute atomic E-state index is 0.218. The number of methoxy groups -OCH3 is 2. The van der Waals surface area contributed by atoms with E-state index in [-0.39, 0.29) is 12.1 Å². The second kappa shape index (κ2) is 9.48. The van der Waals surface area contributed by atoms with E-state index in [1.165, 1.54) is 0 Å². The van der Waals surface area contributed by atoms with Gasteiger partial charge in [-0.3, -0.25) is 4.98 Å². The van der Waals surface area contributed by atoms with Crippen LogP contribution in [0.1, 0.15) is 23.5 Å². The summed E-state index contributed by atoms with van der Waals surface area (Å²) in [5.41, 5.74) is 2.67. The molecule has 1 aliphatic heterocycles. The summed E-state index contributed by atoms with van der Waals surface area (Å²) in [5, 5.41) is 4.01. The summed E-state index contributed by atoms with van der Waals surface area (Å²) < 4.78 is 18.5. The molecule has 6 nitrogen and oxygen atoms in total. The van der Waals surface area contributed by atoms with Crippen LogP contribution in [0.2, 0.25) is 0 Å². The molecule has 0 spiro atoms. The Morgan fingerprint density at radius 1 is 1.00 bits per heavy atom. The Hall–Kier alpha value is -3.36. The fourth-order valence-electron chi connectivity index (χ4n) is 4.17. The number of ether oxygens (including phenoxy) is 2. The van der Waals surface area contributed by atoms with Crippen molar-refractivity contribution in [3.8, 4) is 22.8 Å². The second-order valence-electron chi connectivity index (χ2n) is 7.74. The lowest BCUT2D eigenvalue weighted by Gasteiger charge is -2.27. The second-order valence-corrected chi connectivity index (χ2v) is 9.05. The van der Waals surface area contributed by atoms with E-state index < -0.39 is 0 Å². The van der Waals surface area contributed by atoms with Crippen molar-refractivity contribution in [3.63, 3.8) is 0 Å². The maximum absolute atomic E-state index is 6.41. The minimum atomic E-state index is -0.283. The molecule has 2 aromatic heterocycles. The number of hydrogen-bond acceptors (Lipinski definition) is 5. The van der Waals surface area contributed by atoms with Gasteiger partial charge >= 0.3 is 0 Å². The number of rotatable bonds is 6. The number of hydrogen-bond donors (Lipinski definition) is 1. The van der Waals surface area contributed by atoms with E-state index in [0.29, 0.717) is 16.6 Å². The molecule has 1 aliphatic rings. The first-order valence-corrected chi connectivity index (χ1v) is 11.9. The summed E-state index contributed by atoms with van der Waals surface area (Å²) in [7, 11) is 3.26. The molecule has 0 radical (unpaired) electrons. The van der Waals surface area contributed by atoms with Crippen molar-refractivity contribution in [2.75, 3.05) is 19.1 Å². The Kier molecular flexibility index (Phi) is 6.26. The average molecular weight is 536 g/mol. The predicted octanol–water partition coefficient (Wildman–Crippen LogP) is 6.30. The van der Waals surface area contributed by atoms with Gasteiger partial charge in [-0.05, 0) is 60.7 Å². The predicted molar refractivity (Wildman–Crippen MR) is 139 cm³/mol. The average Bonchev–Trinajstić information content (AvgIpc) is 3.49. The Bertz CT molecular complexity index is 1310. The molecule has 0 saturated carbocycles. The molecule has 8 heteroatoms. The van der Waals surface area contributed by atoms with Crippen LogP contribution in [0.5, 0.6) is 11.5 Å². The van der Waals surface area contributed by atoms with E-state index in [2.05, 4.69) is 26.2 Å². The number of halogens is 1. The van der Waals surface area contributed by atoms with Gasteiger partial charge in [0.25, 0.3) is 0 Å². The number of nitrogens with zero attached hydrogens (tertiary/aromatic N) is 2.